The Balaban J connectivity index is 3.13. The van der Waals surface area contributed by atoms with Crippen molar-refractivity contribution in [3.05, 3.63) is 17.1 Å². The maximum Gasteiger partial charge on any atom is 0.133 e. The van der Waals surface area contributed by atoms with Crippen LogP contribution in [0.25, 0.3) is 0 Å². The molecular weight excluding hydrogens is 186 g/mol. The van der Waals surface area contributed by atoms with E-state index in [4.69, 9.17) is 5.73 Å². The molecule has 0 saturated carbocycles. The van der Waals surface area contributed by atoms with E-state index in [1.54, 1.807) is 0 Å². The van der Waals surface area contributed by atoms with Gasteiger partial charge in [0, 0.05) is 17.2 Å². The third kappa shape index (κ3) is 2.91. The molecule has 2 N–H and O–H groups in total. The van der Waals surface area contributed by atoms with Crippen molar-refractivity contribution in [3.63, 3.8) is 0 Å². The van der Waals surface area contributed by atoms with Gasteiger partial charge in [0.25, 0.3) is 0 Å². The molecule has 0 spiro atoms. The van der Waals surface area contributed by atoms with Crippen LogP contribution in [0.15, 0.2) is 0 Å². The van der Waals surface area contributed by atoms with Crippen LogP contribution < -0.4 is 5.73 Å². The molecule has 84 valence electrons. The molecule has 0 saturated heterocycles. The van der Waals surface area contributed by atoms with Gasteiger partial charge in [-0.05, 0) is 19.3 Å². The third-order valence-electron chi connectivity index (χ3n) is 2.42. The molecule has 0 fully saturated rings. The standard InChI is InChI=1S/C12H21N3/c1-7(2)6-10-9(5)11(13)15-12(14-10)8(3)4/h7-8H,6H2,1-5H3,(H2,13,14,15). The van der Waals surface area contributed by atoms with Crippen LogP contribution in [0.4, 0.5) is 5.82 Å². The van der Waals surface area contributed by atoms with Crippen LogP contribution in [-0.4, -0.2) is 9.97 Å². The highest BCUT2D eigenvalue weighted by molar-refractivity contribution is 5.41. The monoisotopic (exact) mass is 207 g/mol. The quantitative estimate of drug-likeness (QED) is 0.829. The smallest absolute Gasteiger partial charge is 0.133 e. The van der Waals surface area contributed by atoms with Crippen LogP contribution in [0, 0.1) is 12.8 Å². The van der Waals surface area contributed by atoms with Crippen LogP contribution in [0.5, 0.6) is 0 Å². The Hall–Kier alpha value is -1.12. The number of aromatic nitrogens is 2. The highest BCUT2D eigenvalue weighted by atomic mass is 15.0. The summed E-state index contributed by atoms with van der Waals surface area (Å²) in [6, 6.07) is 0. The Bertz CT molecular complexity index is 343. The van der Waals surface area contributed by atoms with Crippen LogP contribution in [0.3, 0.4) is 0 Å². The highest BCUT2D eigenvalue weighted by Gasteiger charge is 2.11. The van der Waals surface area contributed by atoms with Gasteiger partial charge in [-0.15, -0.1) is 0 Å². The van der Waals surface area contributed by atoms with E-state index in [1.165, 1.54) is 0 Å². The van der Waals surface area contributed by atoms with Gasteiger partial charge < -0.3 is 5.73 Å². The van der Waals surface area contributed by atoms with Crippen LogP contribution >= 0.6 is 0 Å². The second-order valence-corrected chi connectivity index (χ2v) is 4.79. The van der Waals surface area contributed by atoms with E-state index < -0.39 is 0 Å². The molecule has 1 aromatic rings. The van der Waals surface area contributed by atoms with Gasteiger partial charge in [0.05, 0.1) is 0 Å². The highest BCUT2D eigenvalue weighted by Crippen LogP contribution is 2.19. The molecule has 0 aliphatic carbocycles. The zero-order valence-corrected chi connectivity index (χ0v) is 10.3. The molecule has 0 radical (unpaired) electrons. The predicted molar refractivity (Wildman–Crippen MR) is 63.8 cm³/mol. The Morgan fingerprint density at radius 1 is 1.13 bits per heavy atom. The topological polar surface area (TPSA) is 51.8 Å². The van der Waals surface area contributed by atoms with E-state index in [9.17, 15) is 0 Å². The molecular formula is C12H21N3. The van der Waals surface area contributed by atoms with Gasteiger partial charge >= 0.3 is 0 Å². The predicted octanol–water partition coefficient (Wildman–Crippen LogP) is 2.69. The average Bonchev–Trinajstić information content (AvgIpc) is 2.11. The van der Waals surface area contributed by atoms with Crippen molar-refractivity contribution >= 4 is 5.82 Å². The number of rotatable bonds is 3. The van der Waals surface area contributed by atoms with Crippen LogP contribution in [0.2, 0.25) is 0 Å². The molecule has 0 aliphatic heterocycles. The summed E-state index contributed by atoms with van der Waals surface area (Å²) in [5, 5.41) is 0. The fraction of sp³-hybridized carbons (Fsp3) is 0.667. The SMILES string of the molecule is Cc1c(N)nc(C(C)C)nc1CC(C)C. The number of nitrogens with zero attached hydrogens (tertiary/aromatic N) is 2. The zero-order chi connectivity index (χ0) is 11.6. The van der Waals surface area contributed by atoms with E-state index in [1.807, 2.05) is 6.92 Å². The number of hydrogen-bond acceptors (Lipinski definition) is 3. The molecule has 0 aliphatic rings. The fourth-order valence-electron chi connectivity index (χ4n) is 1.45. The van der Waals surface area contributed by atoms with Gasteiger partial charge in [0.15, 0.2) is 0 Å². The minimum atomic E-state index is 0.332. The average molecular weight is 207 g/mol. The van der Waals surface area contributed by atoms with Crippen molar-refractivity contribution in [2.75, 3.05) is 5.73 Å². The first-order chi connectivity index (χ1) is 6.91. The van der Waals surface area contributed by atoms with E-state index in [0.29, 0.717) is 17.7 Å². The molecule has 0 bridgehead atoms. The molecule has 0 amide bonds. The lowest BCUT2D eigenvalue weighted by molar-refractivity contribution is 0.622. The van der Waals surface area contributed by atoms with Crippen molar-refractivity contribution in [2.24, 2.45) is 5.92 Å². The van der Waals surface area contributed by atoms with Gasteiger partial charge in [0.2, 0.25) is 0 Å². The first-order valence-corrected chi connectivity index (χ1v) is 5.54. The molecule has 1 aromatic heterocycles. The summed E-state index contributed by atoms with van der Waals surface area (Å²) in [6.45, 7) is 10.5. The lowest BCUT2D eigenvalue weighted by Crippen LogP contribution is -2.10. The summed E-state index contributed by atoms with van der Waals surface area (Å²) in [5.74, 6) is 2.41. The molecule has 3 heteroatoms. The van der Waals surface area contributed by atoms with Crippen molar-refractivity contribution in [3.8, 4) is 0 Å². The van der Waals surface area contributed by atoms with Crippen molar-refractivity contribution in [1.29, 1.82) is 0 Å². The third-order valence-corrected chi connectivity index (χ3v) is 2.42. The summed E-state index contributed by atoms with van der Waals surface area (Å²) in [6.07, 6.45) is 0.971. The number of nitrogen functional groups attached to an aromatic ring is 1. The first kappa shape index (κ1) is 12.0. The second kappa shape index (κ2) is 4.60. The second-order valence-electron chi connectivity index (χ2n) is 4.79. The summed E-state index contributed by atoms with van der Waals surface area (Å²) in [4.78, 5) is 8.89. The van der Waals surface area contributed by atoms with Gasteiger partial charge in [-0.3, -0.25) is 0 Å². The minimum Gasteiger partial charge on any atom is -0.383 e. The molecule has 0 aromatic carbocycles. The van der Waals surface area contributed by atoms with Crippen molar-refractivity contribution in [1.82, 2.24) is 9.97 Å². The number of anilines is 1. The Labute approximate surface area is 92.1 Å². The summed E-state index contributed by atoms with van der Waals surface area (Å²) in [5.41, 5.74) is 8.02. The van der Waals surface area contributed by atoms with Crippen LogP contribution in [0.1, 0.15) is 50.7 Å². The summed E-state index contributed by atoms with van der Waals surface area (Å²) >= 11 is 0. The maximum absolute atomic E-state index is 5.88. The summed E-state index contributed by atoms with van der Waals surface area (Å²) in [7, 11) is 0. The Kier molecular flexibility index (Phi) is 3.66. The molecule has 3 nitrogen and oxygen atoms in total. The van der Waals surface area contributed by atoms with E-state index in [-0.39, 0.29) is 0 Å². The zero-order valence-electron chi connectivity index (χ0n) is 10.3. The first-order valence-electron chi connectivity index (χ1n) is 5.54. The maximum atomic E-state index is 5.88. The molecule has 15 heavy (non-hydrogen) atoms. The lowest BCUT2D eigenvalue weighted by Gasteiger charge is -2.13. The molecule has 1 heterocycles. The molecule has 1 rings (SSSR count). The number of hydrogen-bond donors (Lipinski definition) is 1. The normalized spacial score (nSPS) is 11.4. The van der Waals surface area contributed by atoms with Crippen LogP contribution in [-0.2, 0) is 6.42 Å². The van der Waals surface area contributed by atoms with Gasteiger partial charge in [-0.2, -0.15) is 0 Å². The van der Waals surface area contributed by atoms with E-state index in [0.717, 1.165) is 23.5 Å². The largest absolute Gasteiger partial charge is 0.383 e. The lowest BCUT2D eigenvalue weighted by atomic mass is 10.0. The van der Waals surface area contributed by atoms with Crippen molar-refractivity contribution in [2.45, 2.75) is 47.0 Å². The molecule has 0 unspecified atom stereocenters. The van der Waals surface area contributed by atoms with E-state index >= 15 is 0 Å². The Morgan fingerprint density at radius 2 is 1.73 bits per heavy atom. The summed E-state index contributed by atoms with van der Waals surface area (Å²) < 4.78 is 0. The minimum absolute atomic E-state index is 0.332. The van der Waals surface area contributed by atoms with Crippen molar-refractivity contribution < 1.29 is 0 Å². The van der Waals surface area contributed by atoms with Gasteiger partial charge in [0.1, 0.15) is 11.6 Å². The number of nitrogens with two attached hydrogens (primary N) is 1. The molecule has 0 atom stereocenters. The van der Waals surface area contributed by atoms with Gasteiger partial charge in [-0.25, -0.2) is 9.97 Å². The fourth-order valence-corrected chi connectivity index (χ4v) is 1.45. The Morgan fingerprint density at radius 3 is 2.20 bits per heavy atom. The van der Waals surface area contributed by atoms with Gasteiger partial charge in [-0.1, -0.05) is 27.7 Å². The van der Waals surface area contributed by atoms with E-state index in [2.05, 4.69) is 37.7 Å².